The number of aromatic nitrogens is 3. The Morgan fingerprint density at radius 2 is 1.89 bits per heavy atom. The van der Waals surface area contributed by atoms with Crippen molar-refractivity contribution < 1.29 is 4.79 Å². The number of H-pyrrole nitrogens is 1. The number of nitrogens with one attached hydrogen (secondary N) is 2. The fourth-order valence-electron chi connectivity index (χ4n) is 1.67. The highest BCUT2D eigenvalue weighted by atomic mass is 16.2. The summed E-state index contributed by atoms with van der Waals surface area (Å²) in [5, 5.41) is 10.7. The van der Waals surface area contributed by atoms with Crippen LogP contribution in [0.1, 0.15) is 42.8 Å². The number of carbonyl (C=O) groups is 1. The maximum absolute atomic E-state index is 11.9. The van der Waals surface area contributed by atoms with Crippen LogP contribution >= 0.6 is 0 Å². The van der Waals surface area contributed by atoms with Gasteiger partial charge in [0.15, 0.2) is 0 Å². The number of hydrogen-bond acceptors (Lipinski definition) is 3. The Bertz CT molecular complexity index is 554. The lowest BCUT2D eigenvalue weighted by atomic mass is 10.1. The fourth-order valence-corrected chi connectivity index (χ4v) is 1.67. The van der Waals surface area contributed by atoms with E-state index in [0.29, 0.717) is 12.2 Å². The summed E-state index contributed by atoms with van der Waals surface area (Å²) in [7, 11) is 0. The predicted octanol–water partition coefficient (Wildman–Crippen LogP) is 1.92. The van der Waals surface area contributed by atoms with Gasteiger partial charge >= 0.3 is 0 Å². The molecule has 0 aliphatic rings. The number of rotatable bonds is 3. The molecular formula is C14H18N4O. The second kappa shape index (κ2) is 5.22. The van der Waals surface area contributed by atoms with E-state index in [2.05, 4.69) is 20.5 Å². The second-order valence-electron chi connectivity index (χ2n) is 5.49. The first-order valence-electron chi connectivity index (χ1n) is 6.22. The Balaban J connectivity index is 2.05. The molecule has 1 aromatic heterocycles. The van der Waals surface area contributed by atoms with Gasteiger partial charge < -0.3 is 10.3 Å². The number of benzene rings is 1. The third-order valence-corrected chi connectivity index (χ3v) is 2.45. The molecule has 0 fully saturated rings. The van der Waals surface area contributed by atoms with E-state index in [9.17, 15) is 4.79 Å². The van der Waals surface area contributed by atoms with Crippen LogP contribution in [0.3, 0.4) is 0 Å². The van der Waals surface area contributed by atoms with Crippen molar-refractivity contribution in [3.05, 3.63) is 47.5 Å². The van der Waals surface area contributed by atoms with Gasteiger partial charge in [-0.15, -0.1) is 10.2 Å². The largest absolute Gasteiger partial charge is 0.345 e. The Labute approximate surface area is 112 Å². The van der Waals surface area contributed by atoms with Gasteiger partial charge in [0.2, 0.25) is 5.82 Å². The molecule has 100 valence electrons. The van der Waals surface area contributed by atoms with Crippen LogP contribution in [0.4, 0.5) is 0 Å². The topological polar surface area (TPSA) is 70.7 Å². The van der Waals surface area contributed by atoms with Crippen LogP contribution < -0.4 is 5.32 Å². The molecule has 5 heteroatoms. The molecule has 0 radical (unpaired) electrons. The molecule has 0 saturated heterocycles. The van der Waals surface area contributed by atoms with E-state index in [-0.39, 0.29) is 17.3 Å². The molecule has 5 nitrogen and oxygen atoms in total. The Morgan fingerprint density at radius 3 is 2.53 bits per heavy atom. The van der Waals surface area contributed by atoms with E-state index in [1.54, 1.807) is 0 Å². The monoisotopic (exact) mass is 258 g/mol. The Kier molecular flexibility index (Phi) is 3.64. The molecular weight excluding hydrogens is 240 g/mol. The zero-order chi connectivity index (χ0) is 13.9. The van der Waals surface area contributed by atoms with Gasteiger partial charge in [0, 0.05) is 12.0 Å². The summed E-state index contributed by atoms with van der Waals surface area (Å²) < 4.78 is 0. The van der Waals surface area contributed by atoms with E-state index in [0.717, 1.165) is 5.56 Å². The standard InChI is InChI=1S/C14H18N4O/c1-14(2,3)16-13(19)12-15-11(17-18-12)9-10-7-5-4-6-8-10/h4-8H,9H2,1-3H3,(H,16,19)(H,15,17,18). The predicted molar refractivity (Wildman–Crippen MR) is 72.8 cm³/mol. The summed E-state index contributed by atoms with van der Waals surface area (Å²) >= 11 is 0. The Hall–Kier alpha value is -2.17. The van der Waals surface area contributed by atoms with Crippen LogP contribution in [0.5, 0.6) is 0 Å². The first-order chi connectivity index (χ1) is 8.94. The highest BCUT2D eigenvalue weighted by molar-refractivity contribution is 5.90. The lowest BCUT2D eigenvalue weighted by molar-refractivity contribution is 0.0909. The van der Waals surface area contributed by atoms with Crippen molar-refractivity contribution in [2.45, 2.75) is 32.7 Å². The van der Waals surface area contributed by atoms with Gasteiger partial charge in [0.1, 0.15) is 5.82 Å². The number of aromatic amines is 1. The van der Waals surface area contributed by atoms with Gasteiger partial charge in [0.05, 0.1) is 0 Å². The quantitative estimate of drug-likeness (QED) is 0.883. The van der Waals surface area contributed by atoms with E-state index in [1.165, 1.54) is 0 Å². The minimum atomic E-state index is -0.288. The van der Waals surface area contributed by atoms with Crippen molar-refractivity contribution in [2.75, 3.05) is 0 Å². The van der Waals surface area contributed by atoms with Gasteiger partial charge in [-0.25, -0.2) is 0 Å². The minimum Gasteiger partial charge on any atom is -0.345 e. The molecule has 0 unspecified atom stereocenters. The lowest BCUT2D eigenvalue weighted by Gasteiger charge is -2.19. The van der Waals surface area contributed by atoms with Crippen LogP contribution in [-0.2, 0) is 6.42 Å². The van der Waals surface area contributed by atoms with Gasteiger partial charge in [-0.3, -0.25) is 4.79 Å². The van der Waals surface area contributed by atoms with Crippen molar-refractivity contribution in [3.63, 3.8) is 0 Å². The maximum atomic E-state index is 11.9. The normalized spacial score (nSPS) is 11.3. The molecule has 1 heterocycles. The number of amides is 1. The lowest BCUT2D eigenvalue weighted by Crippen LogP contribution is -2.41. The zero-order valence-electron chi connectivity index (χ0n) is 11.4. The molecule has 2 aromatic rings. The highest BCUT2D eigenvalue weighted by Gasteiger charge is 2.18. The van der Waals surface area contributed by atoms with E-state index < -0.39 is 0 Å². The SMILES string of the molecule is CC(C)(C)NC(=O)c1nnc(Cc2ccccc2)[nH]1. The first kappa shape index (κ1) is 13.3. The summed E-state index contributed by atoms with van der Waals surface area (Å²) in [4.78, 5) is 14.8. The van der Waals surface area contributed by atoms with Crippen molar-refractivity contribution in [2.24, 2.45) is 0 Å². The number of carbonyl (C=O) groups excluding carboxylic acids is 1. The van der Waals surface area contributed by atoms with Gasteiger partial charge in [-0.05, 0) is 26.3 Å². The van der Waals surface area contributed by atoms with Crippen molar-refractivity contribution in [1.82, 2.24) is 20.5 Å². The molecule has 0 spiro atoms. The fraction of sp³-hybridized carbons (Fsp3) is 0.357. The molecule has 0 aliphatic heterocycles. The zero-order valence-corrected chi connectivity index (χ0v) is 11.4. The van der Waals surface area contributed by atoms with Gasteiger partial charge in [0.25, 0.3) is 5.91 Å². The second-order valence-corrected chi connectivity index (χ2v) is 5.49. The van der Waals surface area contributed by atoms with Crippen LogP contribution in [0, 0.1) is 0 Å². The molecule has 1 aromatic carbocycles. The summed E-state index contributed by atoms with van der Waals surface area (Å²) in [5.41, 5.74) is 0.838. The first-order valence-corrected chi connectivity index (χ1v) is 6.22. The third-order valence-electron chi connectivity index (χ3n) is 2.45. The van der Waals surface area contributed by atoms with E-state index in [1.807, 2.05) is 51.1 Å². The van der Waals surface area contributed by atoms with E-state index in [4.69, 9.17) is 0 Å². The molecule has 0 bridgehead atoms. The van der Waals surface area contributed by atoms with Gasteiger partial charge in [-0.2, -0.15) is 0 Å². The highest BCUT2D eigenvalue weighted by Crippen LogP contribution is 2.06. The van der Waals surface area contributed by atoms with Crippen molar-refractivity contribution in [1.29, 1.82) is 0 Å². The summed E-state index contributed by atoms with van der Waals surface area (Å²) in [6, 6.07) is 9.93. The van der Waals surface area contributed by atoms with Gasteiger partial charge in [-0.1, -0.05) is 30.3 Å². The van der Waals surface area contributed by atoms with Crippen LogP contribution in [-0.4, -0.2) is 26.6 Å². The average Bonchev–Trinajstić information content (AvgIpc) is 2.77. The molecule has 2 N–H and O–H groups in total. The molecule has 0 saturated carbocycles. The number of nitrogens with zero attached hydrogens (tertiary/aromatic N) is 2. The van der Waals surface area contributed by atoms with Crippen molar-refractivity contribution >= 4 is 5.91 Å². The van der Waals surface area contributed by atoms with Crippen LogP contribution in [0.25, 0.3) is 0 Å². The van der Waals surface area contributed by atoms with Crippen LogP contribution in [0.15, 0.2) is 30.3 Å². The molecule has 19 heavy (non-hydrogen) atoms. The van der Waals surface area contributed by atoms with Crippen LogP contribution in [0.2, 0.25) is 0 Å². The van der Waals surface area contributed by atoms with Crippen molar-refractivity contribution in [3.8, 4) is 0 Å². The summed E-state index contributed by atoms with van der Waals surface area (Å²) in [6.45, 7) is 5.77. The summed E-state index contributed by atoms with van der Waals surface area (Å²) in [5.74, 6) is 0.699. The van der Waals surface area contributed by atoms with E-state index >= 15 is 0 Å². The molecule has 0 aliphatic carbocycles. The third kappa shape index (κ3) is 3.91. The minimum absolute atomic E-state index is 0.237. The smallest absolute Gasteiger partial charge is 0.289 e. The molecule has 0 atom stereocenters. The summed E-state index contributed by atoms with van der Waals surface area (Å²) in [6.07, 6.45) is 0.636. The molecule has 1 amide bonds. The Morgan fingerprint density at radius 1 is 1.21 bits per heavy atom. The molecule has 2 rings (SSSR count). The number of hydrogen-bond donors (Lipinski definition) is 2. The average molecular weight is 258 g/mol. The maximum Gasteiger partial charge on any atom is 0.289 e.